The molecule has 9 heteroatoms. The Labute approximate surface area is 192 Å². The van der Waals surface area contributed by atoms with Gasteiger partial charge in [0, 0.05) is 23.3 Å². The number of carbonyl (C=O) groups excluding carboxylic acids is 3. The summed E-state index contributed by atoms with van der Waals surface area (Å²) < 4.78 is 6.44. The van der Waals surface area contributed by atoms with Crippen molar-refractivity contribution in [1.29, 1.82) is 0 Å². The maximum absolute atomic E-state index is 13.7. The number of ether oxygens (including phenoxy) is 1. The first-order valence-electron chi connectivity index (χ1n) is 10.7. The van der Waals surface area contributed by atoms with E-state index in [1.54, 1.807) is 32.0 Å². The van der Waals surface area contributed by atoms with Crippen LogP contribution in [-0.2, 0) is 16.1 Å². The van der Waals surface area contributed by atoms with Crippen LogP contribution in [0.1, 0.15) is 60.7 Å². The highest BCUT2D eigenvalue weighted by molar-refractivity contribution is 6.30. The van der Waals surface area contributed by atoms with E-state index in [9.17, 15) is 14.4 Å². The summed E-state index contributed by atoms with van der Waals surface area (Å²) >= 11 is 6.12. The van der Waals surface area contributed by atoms with Gasteiger partial charge in [-0.1, -0.05) is 25.4 Å². The Kier molecular flexibility index (Phi) is 6.93. The van der Waals surface area contributed by atoms with Gasteiger partial charge in [-0.25, -0.2) is 4.79 Å². The minimum atomic E-state index is -1.27. The second-order valence-electron chi connectivity index (χ2n) is 8.58. The quantitative estimate of drug-likeness (QED) is 0.637. The zero-order chi connectivity index (χ0) is 23.6. The van der Waals surface area contributed by atoms with E-state index >= 15 is 0 Å². The zero-order valence-corrected chi connectivity index (χ0v) is 19.8. The number of amides is 2. The van der Waals surface area contributed by atoms with Gasteiger partial charge in [0.1, 0.15) is 11.2 Å². The average Bonchev–Trinajstić information content (AvgIpc) is 3.13. The van der Waals surface area contributed by atoms with E-state index in [4.69, 9.17) is 16.3 Å². The molecule has 1 aliphatic heterocycles. The molecule has 0 saturated carbocycles. The van der Waals surface area contributed by atoms with Gasteiger partial charge in [-0.2, -0.15) is 5.10 Å². The van der Waals surface area contributed by atoms with Crippen molar-refractivity contribution >= 4 is 35.1 Å². The smallest absolute Gasteiger partial charge is 0.358 e. The van der Waals surface area contributed by atoms with Gasteiger partial charge in [0.15, 0.2) is 5.69 Å². The van der Waals surface area contributed by atoms with Crippen molar-refractivity contribution in [2.75, 3.05) is 18.1 Å². The predicted molar refractivity (Wildman–Crippen MR) is 122 cm³/mol. The number of anilines is 1. The fourth-order valence-corrected chi connectivity index (χ4v) is 4.03. The maximum Gasteiger partial charge on any atom is 0.358 e. The summed E-state index contributed by atoms with van der Waals surface area (Å²) in [5.74, 6) is -0.902. The summed E-state index contributed by atoms with van der Waals surface area (Å²) in [6.45, 7) is 10.2. The summed E-state index contributed by atoms with van der Waals surface area (Å²) in [5.41, 5.74) is 0.316. The van der Waals surface area contributed by atoms with Gasteiger partial charge in [0.25, 0.3) is 5.91 Å². The Morgan fingerprint density at radius 2 is 2.03 bits per heavy atom. The summed E-state index contributed by atoms with van der Waals surface area (Å²) in [7, 11) is 0. The lowest BCUT2D eigenvalue weighted by Gasteiger charge is -2.43. The van der Waals surface area contributed by atoms with E-state index in [0.29, 0.717) is 23.2 Å². The van der Waals surface area contributed by atoms with Crippen molar-refractivity contribution in [2.45, 2.75) is 53.1 Å². The van der Waals surface area contributed by atoms with Crippen molar-refractivity contribution in [2.24, 2.45) is 5.92 Å². The average molecular weight is 461 g/mol. The number of carbonyl (C=O) groups is 3. The van der Waals surface area contributed by atoms with Crippen molar-refractivity contribution in [3.8, 4) is 0 Å². The van der Waals surface area contributed by atoms with E-state index in [1.807, 2.05) is 6.92 Å². The minimum absolute atomic E-state index is 0.0347. The Balaban J connectivity index is 2.07. The fraction of sp³-hybridized carbons (Fsp3) is 0.478. The lowest BCUT2D eigenvalue weighted by Crippen LogP contribution is -2.64. The van der Waals surface area contributed by atoms with E-state index in [0.717, 1.165) is 12.0 Å². The Hall–Kier alpha value is -2.87. The number of rotatable bonds is 7. The molecule has 2 aromatic rings. The molecular weight excluding hydrogens is 432 g/mol. The van der Waals surface area contributed by atoms with Gasteiger partial charge < -0.3 is 10.1 Å². The van der Waals surface area contributed by atoms with Crippen LogP contribution in [0.2, 0.25) is 5.02 Å². The van der Waals surface area contributed by atoms with Crippen LogP contribution < -0.4 is 10.2 Å². The third-order valence-corrected chi connectivity index (χ3v) is 5.77. The second-order valence-corrected chi connectivity index (χ2v) is 9.01. The number of aromatic nitrogens is 2. The molecule has 1 aliphatic rings. The normalized spacial score (nSPS) is 18.0. The SMILES string of the molecule is CCOC(=O)c1cc2n(n1)C[C@](C)(C(=O)NCCC(C)C)N(c1ccc(Cl)cc1C)C2=O. The van der Waals surface area contributed by atoms with Crippen molar-refractivity contribution in [3.05, 3.63) is 46.2 Å². The summed E-state index contributed by atoms with van der Waals surface area (Å²) in [4.78, 5) is 40.7. The van der Waals surface area contributed by atoms with Gasteiger partial charge in [-0.15, -0.1) is 0 Å². The largest absolute Gasteiger partial charge is 0.461 e. The number of fused-ring (bicyclic) bond motifs is 1. The van der Waals surface area contributed by atoms with Gasteiger partial charge in [0.05, 0.1) is 13.2 Å². The molecule has 172 valence electrons. The van der Waals surface area contributed by atoms with Gasteiger partial charge in [-0.05, 0) is 56.9 Å². The standard InChI is InChI=1S/C23H29ClN4O4/c1-6-32-21(30)17-12-19-20(29)28(18-8-7-16(24)11-15(18)4)23(5,13-27(19)26-17)22(31)25-10-9-14(2)3/h7-8,11-12,14H,6,9-10,13H2,1-5H3,(H,25,31)/t23-/m1/s1. The molecule has 0 aliphatic carbocycles. The van der Waals surface area contributed by atoms with Gasteiger partial charge in [-0.3, -0.25) is 19.2 Å². The highest BCUT2D eigenvalue weighted by atomic mass is 35.5. The molecule has 1 aromatic heterocycles. The molecule has 3 rings (SSSR count). The van der Waals surface area contributed by atoms with Gasteiger partial charge in [0.2, 0.25) is 5.91 Å². The third kappa shape index (κ3) is 4.50. The van der Waals surface area contributed by atoms with E-state index in [-0.39, 0.29) is 30.4 Å². The molecule has 2 heterocycles. The van der Waals surface area contributed by atoms with Crippen molar-refractivity contribution in [1.82, 2.24) is 15.1 Å². The van der Waals surface area contributed by atoms with Crippen molar-refractivity contribution < 1.29 is 19.1 Å². The first-order chi connectivity index (χ1) is 15.1. The highest BCUT2D eigenvalue weighted by Crippen LogP contribution is 2.35. The maximum atomic E-state index is 13.7. The number of esters is 1. The van der Waals surface area contributed by atoms with Crippen LogP contribution in [0.4, 0.5) is 5.69 Å². The van der Waals surface area contributed by atoms with Crippen LogP contribution in [0, 0.1) is 12.8 Å². The zero-order valence-electron chi connectivity index (χ0n) is 19.1. The monoisotopic (exact) mass is 460 g/mol. The van der Waals surface area contributed by atoms with Gasteiger partial charge >= 0.3 is 5.97 Å². The number of halogens is 1. The molecule has 1 aromatic carbocycles. The molecule has 2 amide bonds. The number of nitrogens with one attached hydrogen (secondary N) is 1. The molecule has 0 fully saturated rings. The Morgan fingerprint density at radius 1 is 1.31 bits per heavy atom. The summed E-state index contributed by atoms with van der Waals surface area (Å²) in [6, 6.07) is 6.57. The molecular formula is C23H29ClN4O4. The van der Waals surface area contributed by atoms with E-state index in [2.05, 4.69) is 24.3 Å². The summed E-state index contributed by atoms with van der Waals surface area (Å²) in [5, 5.41) is 7.76. The van der Waals surface area contributed by atoms with Crippen LogP contribution in [-0.4, -0.2) is 46.3 Å². The van der Waals surface area contributed by atoms with Crippen LogP contribution in [0.15, 0.2) is 24.3 Å². The third-order valence-electron chi connectivity index (χ3n) is 5.53. The predicted octanol–water partition coefficient (Wildman–Crippen LogP) is 3.60. The molecule has 0 radical (unpaired) electrons. The fourth-order valence-electron chi connectivity index (χ4n) is 3.80. The van der Waals surface area contributed by atoms with E-state index in [1.165, 1.54) is 15.6 Å². The minimum Gasteiger partial charge on any atom is -0.461 e. The molecule has 1 N–H and O–H groups in total. The molecule has 1 atom stereocenters. The number of nitrogens with zero attached hydrogens (tertiary/aromatic N) is 3. The summed E-state index contributed by atoms with van der Waals surface area (Å²) in [6.07, 6.45) is 0.815. The molecule has 32 heavy (non-hydrogen) atoms. The van der Waals surface area contributed by atoms with Crippen molar-refractivity contribution in [3.63, 3.8) is 0 Å². The number of hydrogen-bond donors (Lipinski definition) is 1. The van der Waals surface area contributed by atoms with Crippen LogP contribution in [0.3, 0.4) is 0 Å². The molecule has 8 nitrogen and oxygen atoms in total. The number of benzene rings is 1. The first-order valence-corrected chi connectivity index (χ1v) is 11.1. The topological polar surface area (TPSA) is 93.5 Å². The van der Waals surface area contributed by atoms with Crippen LogP contribution in [0.25, 0.3) is 0 Å². The van der Waals surface area contributed by atoms with Crippen LogP contribution in [0.5, 0.6) is 0 Å². The first kappa shape index (κ1) is 23.8. The highest BCUT2D eigenvalue weighted by Gasteiger charge is 2.49. The Morgan fingerprint density at radius 3 is 2.66 bits per heavy atom. The number of hydrogen-bond acceptors (Lipinski definition) is 5. The Bertz CT molecular complexity index is 1050. The molecule has 0 bridgehead atoms. The lowest BCUT2D eigenvalue weighted by atomic mass is 9.93. The molecule has 0 spiro atoms. The number of aryl methyl sites for hydroxylation is 1. The van der Waals surface area contributed by atoms with E-state index < -0.39 is 17.4 Å². The molecule has 0 saturated heterocycles. The lowest BCUT2D eigenvalue weighted by molar-refractivity contribution is -0.126. The van der Waals surface area contributed by atoms with Crippen LogP contribution >= 0.6 is 11.6 Å². The molecule has 0 unspecified atom stereocenters. The second kappa shape index (κ2) is 9.32.